The van der Waals surface area contributed by atoms with Gasteiger partial charge in [0.05, 0.1) is 13.2 Å². The van der Waals surface area contributed by atoms with Crippen molar-refractivity contribution in [2.75, 3.05) is 26.3 Å². The molecule has 2 aromatic carbocycles. The van der Waals surface area contributed by atoms with Crippen molar-refractivity contribution >= 4 is 14.2 Å². The number of benzene rings is 2. The van der Waals surface area contributed by atoms with E-state index >= 15 is 0 Å². The van der Waals surface area contributed by atoms with Gasteiger partial charge in [-0.15, -0.1) is 0 Å². The van der Waals surface area contributed by atoms with Gasteiger partial charge in [-0.3, -0.25) is 4.79 Å². The van der Waals surface area contributed by atoms with E-state index in [-0.39, 0.29) is 16.9 Å². The number of hydrogen-bond acceptors (Lipinski definition) is 5. The highest BCUT2D eigenvalue weighted by atomic mass is 28.4. The van der Waals surface area contributed by atoms with Crippen LogP contribution in [0.4, 0.5) is 0 Å². The Morgan fingerprint density at radius 1 is 1.16 bits per heavy atom. The van der Waals surface area contributed by atoms with E-state index in [1.165, 1.54) is 5.56 Å². The summed E-state index contributed by atoms with van der Waals surface area (Å²) >= 11 is 0. The van der Waals surface area contributed by atoms with Crippen molar-refractivity contribution in [1.82, 2.24) is 4.90 Å². The molecule has 0 saturated carbocycles. The number of fused-ring (bicyclic) bond motifs is 3. The number of rotatable bonds is 3. The van der Waals surface area contributed by atoms with Gasteiger partial charge in [-0.2, -0.15) is 0 Å². The lowest BCUT2D eigenvalue weighted by atomic mass is 9.74. The Balaban J connectivity index is 1.33. The minimum absolute atomic E-state index is 0.00348. The van der Waals surface area contributed by atoms with E-state index in [1.54, 1.807) is 0 Å². The van der Waals surface area contributed by atoms with E-state index in [2.05, 4.69) is 6.07 Å². The summed E-state index contributed by atoms with van der Waals surface area (Å²) in [6.07, 6.45) is 1.76. The molecule has 1 amide bonds. The molecule has 1 unspecified atom stereocenters. The third-order valence-corrected chi connectivity index (χ3v) is 9.44. The Morgan fingerprint density at radius 2 is 1.90 bits per heavy atom. The molecule has 3 heterocycles. The highest BCUT2D eigenvalue weighted by Crippen LogP contribution is 2.46. The second kappa shape index (κ2) is 7.36. The van der Waals surface area contributed by atoms with Crippen LogP contribution in [-0.2, 0) is 12.0 Å². The Kier molecular flexibility index (Phi) is 4.88. The SMILES string of the molecule is C[Si](C)(O)C1COc2ccc(C(=O)N3CCC4(CC3)COc3ccc(CN)cc34)cc21. The van der Waals surface area contributed by atoms with Crippen LogP contribution in [0.25, 0.3) is 0 Å². The van der Waals surface area contributed by atoms with Crippen molar-refractivity contribution in [2.24, 2.45) is 5.73 Å². The fourth-order valence-electron chi connectivity index (χ4n) is 5.20. The van der Waals surface area contributed by atoms with Gasteiger partial charge in [-0.05, 0) is 55.8 Å². The summed E-state index contributed by atoms with van der Waals surface area (Å²) in [6, 6.07) is 11.9. The Morgan fingerprint density at radius 3 is 2.61 bits per heavy atom. The fourth-order valence-corrected chi connectivity index (χ4v) is 6.68. The lowest BCUT2D eigenvalue weighted by Crippen LogP contribution is -2.46. The van der Waals surface area contributed by atoms with Gasteiger partial charge in [0.25, 0.3) is 5.91 Å². The van der Waals surface area contributed by atoms with Gasteiger partial charge in [0, 0.05) is 47.3 Å². The molecule has 0 aliphatic carbocycles. The highest BCUT2D eigenvalue weighted by molar-refractivity contribution is 6.71. The monoisotopic (exact) mass is 438 g/mol. The number of likely N-dealkylation sites (tertiary alicyclic amines) is 1. The van der Waals surface area contributed by atoms with Gasteiger partial charge in [-0.25, -0.2) is 0 Å². The highest BCUT2D eigenvalue weighted by Gasteiger charge is 2.44. The van der Waals surface area contributed by atoms with Crippen LogP contribution < -0.4 is 15.2 Å². The fraction of sp³-hybridized carbons (Fsp3) is 0.458. The van der Waals surface area contributed by atoms with Crippen molar-refractivity contribution in [1.29, 1.82) is 0 Å². The van der Waals surface area contributed by atoms with E-state index < -0.39 is 8.32 Å². The third kappa shape index (κ3) is 3.45. The zero-order valence-corrected chi connectivity index (χ0v) is 19.2. The standard InChI is InChI=1S/C24H30N2O4Si/c1-31(2,28)22-14-29-20-6-4-17(12-18(20)22)23(27)26-9-7-24(8-10-26)15-30-21-5-3-16(13-25)11-19(21)24/h3-6,11-12,22,28H,7-10,13-15,25H2,1-2H3. The van der Waals surface area contributed by atoms with Crippen molar-refractivity contribution in [3.63, 3.8) is 0 Å². The molecule has 0 bridgehead atoms. The number of hydrogen-bond donors (Lipinski definition) is 2. The smallest absolute Gasteiger partial charge is 0.253 e. The van der Waals surface area contributed by atoms with Crippen LogP contribution in [-0.4, -0.2) is 50.2 Å². The molecule has 2 aromatic rings. The number of carbonyl (C=O) groups excluding carboxylic acids is 1. The minimum atomic E-state index is -2.41. The van der Waals surface area contributed by atoms with Crippen LogP contribution >= 0.6 is 0 Å². The maximum atomic E-state index is 13.3. The second-order valence-electron chi connectivity index (χ2n) is 9.67. The predicted octanol–water partition coefficient (Wildman–Crippen LogP) is 2.92. The van der Waals surface area contributed by atoms with Gasteiger partial charge in [-0.1, -0.05) is 12.1 Å². The van der Waals surface area contributed by atoms with Crippen molar-refractivity contribution in [2.45, 2.75) is 43.4 Å². The number of ether oxygens (including phenoxy) is 2. The number of nitrogens with two attached hydrogens (primary N) is 1. The van der Waals surface area contributed by atoms with Crippen LogP contribution in [0.15, 0.2) is 36.4 Å². The molecule has 31 heavy (non-hydrogen) atoms. The van der Waals surface area contributed by atoms with E-state index in [9.17, 15) is 9.59 Å². The Labute approximate surface area is 184 Å². The molecule has 5 rings (SSSR count). The van der Waals surface area contributed by atoms with Crippen molar-refractivity contribution in [3.8, 4) is 11.5 Å². The zero-order chi connectivity index (χ0) is 21.8. The third-order valence-electron chi connectivity index (χ3n) is 7.25. The molecule has 1 spiro atoms. The molecule has 1 fully saturated rings. The topological polar surface area (TPSA) is 85.0 Å². The normalized spacial score (nSPS) is 21.4. The molecular weight excluding hydrogens is 408 g/mol. The summed E-state index contributed by atoms with van der Waals surface area (Å²) in [5.41, 5.74) is 9.84. The van der Waals surface area contributed by atoms with Crippen LogP contribution in [0.2, 0.25) is 13.1 Å². The van der Waals surface area contributed by atoms with Crippen molar-refractivity contribution in [3.05, 3.63) is 58.7 Å². The van der Waals surface area contributed by atoms with Gasteiger partial charge < -0.3 is 24.9 Å². The quantitative estimate of drug-likeness (QED) is 0.720. The summed E-state index contributed by atoms with van der Waals surface area (Å²) in [6.45, 7) is 6.94. The summed E-state index contributed by atoms with van der Waals surface area (Å²) < 4.78 is 11.7. The average molecular weight is 439 g/mol. The van der Waals surface area contributed by atoms with Crippen LogP contribution in [0.1, 0.15) is 45.4 Å². The Bertz CT molecular complexity index is 1020. The summed E-state index contributed by atoms with van der Waals surface area (Å²) in [5.74, 6) is 1.80. The molecule has 1 atom stereocenters. The van der Waals surface area contributed by atoms with Crippen LogP contribution in [0, 0.1) is 0 Å². The Hall–Kier alpha value is -2.35. The first kappa shape index (κ1) is 20.5. The van der Waals surface area contributed by atoms with E-state index in [4.69, 9.17) is 15.2 Å². The number of carbonyl (C=O) groups is 1. The van der Waals surface area contributed by atoms with E-state index in [0.717, 1.165) is 35.5 Å². The lowest BCUT2D eigenvalue weighted by molar-refractivity contribution is 0.0646. The summed E-state index contributed by atoms with van der Waals surface area (Å²) in [5, 5.41) is 0. The second-order valence-corrected chi connectivity index (χ2v) is 13.7. The van der Waals surface area contributed by atoms with Gasteiger partial charge >= 0.3 is 0 Å². The molecular formula is C24H30N2O4Si. The molecule has 1 saturated heterocycles. The maximum Gasteiger partial charge on any atom is 0.253 e. The van der Waals surface area contributed by atoms with Gasteiger partial charge in [0.15, 0.2) is 8.32 Å². The number of piperidine rings is 1. The molecule has 164 valence electrons. The van der Waals surface area contributed by atoms with Crippen LogP contribution in [0.3, 0.4) is 0 Å². The average Bonchev–Trinajstić information content (AvgIpc) is 3.35. The van der Waals surface area contributed by atoms with E-state index in [1.807, 2.05) is 48.3 Å². The first-order chi connectivity index (χ1) is 14.8. The minimum Gasteiger partial charge on any atom is -0.493 e. The lowest BCUT2D eigenvalue weighted by Gasteiger charge is -2.38. The van der Waals surface area contributed by atoms with Crippen LogP contribution in [0.5, 0.6) is 11.5 Å². The molecule has 0 radical (unpaired) electrons. The van der Waals surface area contributed by atoms with E-state index in [0.29, 0.717) is 38.4 Å². The predicted molar refractivity (Wildman–Crippen MR) is 121 cm³/mol. The zero-order valence-electron chi connectivity index (χ0n) is 18.2. The first-order valence-corrected chi connectivity index (χ1v) is 14.1. The molecule has 3 N–H and O–H groups in total. The molecule has 7 heteroatoms. The molecule has 3 aliphatic heterocycles. The molecule has 3 aliphatic rings. The number of nitrogens with zero attached hydrogens (tertiary/aromatic N) is 1. The van der Waals surface area contributed by atoms with Gasteiger partial charge in [0.2, 0.25) is 0 Å². The maximum absolute atomic E-state index is 13.3. The first-order valence-electron chi connectivity index (χ1n) is 11.1. The summed E-state index contributed by atoms with van der Waals surface area (Å²) in [7, 11) is -2.41. The molecule has 6 nitrogen and oxygen atoms in total. The van der Waals surface area contributed by atoms with Crippen molar-refractivity contribution < 1.29 is 19.1 Å². The number of amides is 1. The summed E-state index contributed by atoms with van der Waals surface area (Å²) in [4.78, 5) is 25.9. The largest absolute Gasteiger partial charge is 0.493 e. The van der Waals surface area contributed by atoms with Gasteiger partial charge in [0.1, 0.15) is 11.5 Å². The molecule has 0 aromatic heterocycles.